The lowest BCUT2D eigenvalue weighted by atomic mass is 10.4. The summed E-state index contributed by atoms with van der Waals surface area (Å²) in [6.45, 7) is 2.44. The van der Waals surface area contributed by atoms with Crippen LogP contribution in [0.3, 0.4) is 0 Å². The molecule has 0 bridgehead atoms. The predicted molar refractivity (Wildman–Crippen MR) is 54.7 cm³/mol. The molecule has 0 atom stereocenters. The highest BCUT2D eigenvalue weighted by atomic mass is 79.9. The Kier molecular flexibility index (Phi) is 3.46. The van der Waals surface area contributed by atoms with Crippen LogP contribution < -0.4 is 5.56 Å². The average Bonchev–Trinajstić information content (AvgIpc) is 2.07. The first kappa shape index (κ1) is 9.92. The van der Waals surface area contributed by atoms with E-state index in [2.05, 4.69) is 36.8 Å². The van der Waals surface area contributed by atoms with Gasteiger partial charge in [-0.05, 0) is 22.9 Å². The number of hydrogen-bond acceptors (Lipinski definition) is 2. The van der Waals surface area contributed by atoms with Crippen LogP contribution in [0, 0.1) is 6.92 Å². The average molecular weight is 296 g/mol. The molecule has 0 aliphatic carbocycles. The quantitative estimate of drug-likeness (QED) is 0.779. The van der Waals surface area contributed by atoms with Crippen LogP contribution in [0.15, 0.2) is 15.6 Å². The van der Waals surface area contributed by atoms with Crippen LogP contribution in [0.4, 0.5) is 0 Å². The second-order valence-corrected chi connectivity index (χ2v) is 3.92. The van der Waals surface area contributed by atoms with Gasteiger partial charge in [-0.25, -0.2) is 4.98 Å². The Balaban J connectivity index is 3.18. The van der Waals surface area contributed by atoms with Gasteiger partial charge in [-0.1, -0.05) is 15.9 Å². The van der Waals surface area contributed by atoms with Crippen molar-refractivity contribution in [3.05, 3.63) is 26.8 Å². The summed E-state index contributed by atoms with van der Waals surface area (Å²) in [5.74, 6) is 0. The molecule has 0 saturated heterocycles. The maximum atomic E-state index is 11.4. The Morgan fingerprint density at radius 1 is 1.67 bits per heavy atom. The zero-order chi connectivity index (χ0) is 9.14. The molecular weight excluding hydrogens is 288 g/mol. The van der Waals surface area contributed by atoms with Gasteiger partial charge in [-0.15, -0.1) is 0 Å². The Bertz CT molecular complexity index is 335. The molecule has 0 aromatic carbocycles. The minimum atomic E-state index is -0.0260. The molecule has 0 spiro atoms. The molecule has 0 fully saturated rings. The van der Waals surface area contributed by atoms with E-state index in [9.17, 15) is 4.79 Å². The monoisotopic (exact) mass is 294 g/mol. The van der Waals surface area contributed by atoms with Gasteiger partial charge in [-0.2, -0.15) is 0 Å². The number of hydrogen-bond donors (Lipinski definition) is 0. The van der Waals surface area contributed by atoms with Gasteiger partial charge < -0.3 is 0 Å². The van der Waals surface area contributed by atoms with Gasteiger partial charge in [0.15, 0.2) is 0 Å². The molecule has 0 radical (unpaired) electrons. The summed E-state index contributed by atoms with van der Waals surface area (Å²) in [5.41, 5.74) is 0.702. The van der Waals surface area contributed by atoms with E-state index in [0.717, 1.165) is 11.0 Å². The molecule has 0 aliphatic rings. The Morgan fingerprint density at radius 2 is 2.33 bits per heavy atom. The summed E-state index contributed by atoms with van der Waals surface area (Å²) in [4.78, 5) is 15.5. The molecule has 12 heavy (non-hydrogen) atoms. The van der Waals surface area contributed by atoms with Crippen molar-refractivity contribution in [3.63, 3.8) is 0 Å². The van der Waals surface area contributed by atoms with Crippen molar-refractivity contribution in [3.8, 4) is 0 Å². The Hall–Kier alpha value is -0.160. The Labute approximate surface area is 87.1 Å². The molecule has 1 rings (SSSR count). The van der Waals surface area contributed by atoms with Crippen molar-refractivity contribution >= 4 is 31.9 Å². The van der Waals surface area contributed by atoms with Crippen molar-refractivity contribution in [2.75, 3.05) is 5.33 Å². The molecule has 1 aromatic heterocycles. The van der Waals surface area contributed by atoms with E-state index in [1.807, 2.05) is 0 Å². The first-order valence-corrected chi connectivity index (χ1v) is 5.35. The summed E-state index contributed by atoms with van der Waals surface area (Å²) in [5, 5.41) is 0.754. The number of halogens is 2. The maximum Gasteiger partial charge on any atom is 0.267 e. The van der Waals surface area contributed by atoms with Crippen LogP contribution in [-0.2, 0) is 6.54 Å². The fourth-order valence-electron chi connectivity index (χ4n) is 0.797. The van der Waals surface area contributed by atoms with Crippen LogP contribution in [0.25, 0.3) is 0 Å². The summed E-state index contributed by atoms with van der Waals surface area (Å²) in [6, 6.07) is 0. The molecule has 1 heterocycles. The van der Waals surface area contributed by atoms with Crippen molar-refractivity contribution in [1.82, 2.24) is 9.55 Å². The normalized spacial score (nSPS) is 10.2. The topological polar surface area (TPSA) is 34.9 Å². The fraction of sp³-hybridized carbons (Fsp3) is 0.429. The van der Waals surface area contributed by atoms with E-state index in [4.69, 9.17) is 0 Å². The molecule has 5 heteroatoms. The van der Waals surface area contributed by atoms with Gasteiger partial charge in [0.2, 0.25) is 0 Å². The molecule has 1 aromatic rings. The largest absolute Gasteiger partial charge is 0.297 e. The van der Waals surface area contributed by atoms with Crippen LogP contribution in [0.2, 0.25) is 0 Å². The first-order chi connectivity index (χ1) is 5.66. The van der Waals surface area contributed by atoms with E-state index in [0.29, 0.717) is 11.0 Å². The maximum absolute atomic E-state index is 11.4. The third-order valence-corrected chi connectivity index (χ3v) is 2.75. The van der Waals surface area contributed by atoms with Gasteiger partial charge in [-0.3, -0.25) is 9.36 Å². The third kappa shape index (κ3) is 1.95. The van der Waals surface area contributed by atoms with Crippen LogP contribution in [0.5, 0.6) is 0 Å². The molecular formula is C7H8Br2N2O. The Morgan fingerprint density at radius 3 is 2.92 bits per heavy atom. The predicted octanol–water partition coefficient (Wildman–Crippen LogP) is 1.71. The standard InChI is InChI=1S/C7H8Br2N2O/c1-5-6(9)7(12)11(3-2-8)4-10-5/h4H,2-3H2,1H3. The van der Waals surface area contributed by atoms with E-state index < -0.39 is 0 Å². The number of rotatable bonds is 2. The molecule has 0 N–H and O–H groups in total. The lowest BCUT2D eigenvalue weighted by Crippen LogP contribution is -2.22. The van der Waals surface area contributed by atoms with Gasteiger partial charge in [0.25, 0.3) is 5.56 Å². The highest BCUT2D eigenvalue weighted by Gasteiger charge is 2.03. The molecule has 0 saturated carbocycles. The summed E-state index contributed by atoms with van der Waals surface area (Å²) in [6.07, 6.45) is 1.56. The highest BCUT2D eigenvalue weighted by molar-refractivity contribution is 9.10. The lowest BCUT2D eigenvalue weighted by molar-refractivity contribution is 0.706. The number of alkyl halides is 1. The minimum absolute atomic E-state index is 0.0260. The first-order valence-electron chi connectivity index (χ1n) is 3.44. The van der Waals surface area contributed by atoms with Crippen LogP contribution in [0.1, 0.15) is 5.69 Å². The van der Waals surface area contributed by atoms with Crippen LogP contribution >= 0.6 is 31.9 Å². The minimum Gasteiger partial charge on any atom is -0.297 e. The van der Waals surface area contributed by atoms with Crippen molar-refractivity contribution in [2.24, 2.45) is 0 Å². The number of aromatic nitrogens is 2. The summed E-state index contributed by atoms with van der Waals surface area (Å²) < 4.78 is 2.11. The SMILES string of the molecule is Cc1ncn(CCBr)c(=O)c1Br. The second-order valence-electron chi connectivity index (χ2n) is 2.33. The van der Waals surface area contributed by atoms with Crippen molar-refractivity contribution in [2.45, 2.75) is 13.5 Å². The van der Waals surface area contributed by atoms with Gasteiger partial charge >= 0.3 is 0 Å². The summed E-state index contributed by atoms with van der Waals surface area (Å²) in [7, 11) is 0. The fourth-order valence-corrected chi connectivity index (χ4v) is 1.51. The molecule has 3 nitrogen and oxygen atoms in total. The highest BCUT2D eigenvalue weighted by Crippen LogP contribution is 2.05. The van der Waals surface area contributed by atoms with Gasteiger partial charge in [0, 0.05) is 11.9 Å². The molecule has 0 unspecified atom stereocenters. The third-order valence-electron chi connectivity index (χ3n) is 1.48. The summed E-state index contributed by atoms with van der Waals surface area (Å²) >= 11 is 6.45. The van der Waals surface area contributed by atoms with Crippen molar-refractivity contribution < 1.29 is 0 Å². The molecule has 0 amide bonds. The lowest BCUT2D eigenvalue weighted by Gasteiger charge is -2.03. The van der Waals surface area contributed by atoms with E-state index in [1.54, 1.807) is 17.8 Å². The zero-order valence-electron chi connectivity index (χ0n) is 6.55. The van der Waals surface area contributed by atoms with E-state index >= 15 is 0 Å². The molecule has 0 aliphatic heterocycles. The van der Waals surface area contributed by atoms with Crippen LogP contribution in [-0.4, -0.2) is 14.9 Å². The smallest absolute Gasteiger partial charge is 0.267 e. The van der Waals surface area contributed by atoms with Gasteiger partial charge in [0.1, 0.15) is 4.47 Å². The second kappa shape index (κ2) is 4.18. The van der Waals surface area contributed by atoms with Gasteiger partial charge in [0.05, 0.1) is 12.0 Å². The van der Waals surface area contributed by atoms with E-state index in [-0.39, 0.29) is 5.56 Å². The number of aryl methyl sites for hydroxylation is 2. The van der Waals surface area contributed by atoms with Crippen molar-refractivity contribution in [1.29, 1.82) is 0 Å². The zero-order valence-corrected chi connectivity index (χ0v) is 9.72. The molecule has 66 valence electrons. The van der Waals surface area contributed by atoms with E-state index in [1.165, 1.54) is 0 Å². The number of nitrogens with zero attached hydrogens (tertiary/aromatic N) is 2.